The van der Waals surface area contributed by atoms with Gasteiger partial charge in [-0.25, -0.2) is 0 Å². The summed E-state index contributed by atoms with van der Waals surface area (Å²) in [6, 6.07) is 0. The zero-order valence-corrected chi connectivity index (χ0v) is 23.0. The summed E-state index contributed by atoms with van der Waals surface area (Å²) in [5.74, 6) is 0. The van der Waals surface area contributed by atoms with Crippen molar-refractivity contribution < 1.29 is 359 Å². The third-order valence-corrected chi connectivity index (χ3v) is 0. The molecule has 0 saturated carbocycles. The molecule has 0 aliphatic heterocycles. The number of hydrogen-bond donors (Lipinski definition) is 0. The second kappa shape index (κ2) is 50.2. The Hall–Kier alpha value is 11.9. The monoisotopic (exact) mass is 1430 g/mol. The van der Waals surface area contributed by atoms with Crippen LogP contribution < -0.4 is 0 Å². The first-order valence-electron chi connectivity index (χ1n) is 0. The molecule has 0 heterocycles. The van der Waals surface area contributed by atoms with Crippen molar-refractivity contribution in [2.45, 2.75) is 0 Å². The Kier molecular flexibility index (Phi) is 326. The van der Waals surface area contributed by atoms with Crippen LogP contribution >= 0.6 is 0 Å². The van der Waals surface area contributed by atoms with Crippen molar-refractivity contribution >= 4 is 0 Å². The summed E-state index contributed by atoms with van der Waals surface area (Å²) in [6.07, 6.45) is 0. The Bertz CT molecular complexity index is 28.5. The van der Waals surface area contributed by atoms with E-state index in [9.17, 15) is 0 Å². The number of rotatable bonds is 0. The van der Waals surface area contributed by atoms with Crippen LogP contribution in [0, 0.1) is 359 Å². The molecule has 0 spiro atoms. The fraction of sp³-hybridized carbons (Fsp3) is 0. The van der Waals surface area contributed by atoms with Gasteiger partial charge in [-0.1, -0.05) is 0 Å². The average molecular weight is 1430 g/mol. The maximum atomic E-state index is 0. The molecule has 0 atom stereocenters. The molecule has 0 amide bonds. The first kappa shape index (κ1) is 58.5. The van der Waals surface area contributed by atoms with E-state index in [1.165, 1.54) is 0 Å². The summed E-state index contributed by atoms with van der Waals surface area (Å²) in [4.78, 5) is 0. The fourth-order valence-electron chi connectivity index (χ4n) is 0. The minimum Gasteiger partial charge on any atom is 0 e. The van der Waals surface area contributed by atoms with Crippen molar-refractivity contribution in [1.82, 2.24) is 0 Å². The maximum Gasteiger partial charge on any atom is 3.00 e. The van der Waals surface area contributed by atoms with Gasteiger partial charge >= 0.3 is 318 Å². The number of hydrogen-bond acceptors (Lipinski definition) is 0. The normalized spacial score (nSPS) is 0. The van der Waals surface area contributed by atoms with Gasteiger partial charge in [-0.3, -0.25) is 0 Å². The van der Waals surface area contributed by atoms with E-state index in [1.807, 2.05) is 0 Å². The standard InChI is InChI=1S/Dy.Er.Eu.Gd.Ho.Pm.Sm.Tb.Tm/q5*+3;;3*+3. The predicted molar refractivity (Wildman–Crippen MR) is 0 cm³/mol. The van der Waals surface area contributed by atoms with Crippen molar-refractivity contribution in [3.8, 4) is 0 Å². The van der Waals surface area contributed by atoms with Crippen LogP contribution in [0.15, 0.2) is 0 Å². The summed E-state index contributed by atoms with van der Waals surface area (Å²) in [5, 5.41) is 0. The third-order valence-electron chi connectivity index (χ3n) is 0. The third kappa shape index (κ3) is 45.0. The van der Waals surface area contributed by atoms with E-state index < -0.39 is 0 Å². The zero-order valence-electron chi connectivity index (χ0n) is 3.10. The molecule has 0 saturated heterocycles. The topological polar surface area (TPSA) is 0 Å². The average Bonchev–Trinajstić information content (AvgIpc) is 0. The molecule has 0 aliphatic rings. The van der Waals surface area contributed by atoms with E-state index in [-0.39, 0.29) is 359 Å². The van der Waals surface area contributed by atoms with Crippen molar-refractivity contribution in [3.63, 3.8) is 0 Å². The van der Waals surface area contributed by atoms with Gasteiger partial charge in [0.25, 0.3) is 0 Å². The zero-order chi connectivity index (χ0) is 0. The SMILES string of the molecule is [Dy+3].[Er+3].[Eu+3].[Gd+3].[Ho+3].[Pm].[Sm+3].[Tb+3].[Tm+3]. The maximum absolute atomic E-state index is 0. The van der Waals surface area contributed by atoms with E-state index in [4.69, 9.17) is 0 Å². The molecule has 57 valence electrons. The van der Waals surface area contributed by atoms with Crippen LogP contribution in [-0.4, -0.2) is 0 Å². The molecular weight excluding hydrogens is 1430 g/mol. The summed E-state index contributed by atoms with van der Waals surface area (Å²) in [7, 11) is 0. The van der Waals surface area contributed by atoms with Crippen molar-refractivity contribution in [1.29, 1.82) is 0 Å². The summed E-state index contributed by atoms with van der Waals surface area (Å²) >= 11 is 0. The Labute approximate surface area is 344 Å². The second-order valence-electron chi connectivity index (χ2n) is 0. The van der Waals surface area contributed by atoms with Crippen molar-refractivity contribution in [3.05, 3.63) is 0 Å². The largest absolute Gasteiger partial charge is 3.00 e. The van der Waals surface area contributed by atoms with Gasteiger partial charge in [0.15, 0.2) is 0 Å². The Balaban J connectivity index is 0. The van der Waals surface area contributed by atoms with Crippen LogP contribution in [0.5, 0.6) is 0 Å². The van der Waals surface area contributed by atoms with Crippen molar-refractivity contribution in [2.75, 3.05) is 0 Å². The van der Waals surface area contributed by atoms with Gasteiger partial charge in [0.05, 0.1) is 0 Å². The Morgan fingerprint density at radius 1 is 1.00 bits per heavy atom. The molecule has 0 N–H and O–H groups in total. The van der Waals surface area contributed by atoms with Crippen LogP contribution in [0.1, 0.15) is 0 Å². The van der Waals surface area contributed by atoms with Gasteiger partial charge in [-0.2, -0.15) is 0 Å². The molecule has 9 heteroatoms. The molecule has 0 aromatic heterocycles. The van der Waals surface area contributed by atoms with Crippen LogP contribution in [0.25, 0.3) is 0 Å². The van der Waals surface area contributed by atoms with Crippen LogP contribution in [0.4, 0.5) is 0 Å². The predicted octanol–water partition coefficient (Wildman–Crippen LogP) is 0. The first-order chi connectivity index (χ1) is 0. The molecule has 0 rings (SSSR count). The quantitative estimate of drug-likeness (QED) is 0.301. The van der Waals surface area contributed by atoms with E-state index in [0.29, 0.717) is 0 Å². The summed E-state index contributed by atoms with van der Waals surface area (Å²) in [6.45, 7) is 0. The van der Waals surface area contributed by atoms with E-state index in [2.05, 4.69) is 0 Å². The molecule has 5 radical (unpaired) electrons. The smallest absolute Gasteiger partial charge is 0 e. The molecular formula is DyErEuGdHoPmSmTbTm+24. The van der Waals surface area contributed by atoms with Crippen molar-refractivity contribution in [2.24, 2.45) is 0 Å². The molecule has 0 aliphatic carbocycles. The van der Waals surface area contributed by atoms with Crippen LogP contribution in [-0.2, 0) is 0 Å². The van der Waals surface area contributed by atoms with Gasteiger partial charge in [0.1, 0.15) is 0 Å². The minimum atomic E-state index is 0. The fourth-order valence-corrected chi connectivity index (χ4v) is 0. The molecule has 0 fully saturated rings. The minimum absolute atomic E-state index is 0. The molecule has 9 heavy (non-hydrogen) atoms. The van der Waals surface area contributed by atoms with Crippen LogP contribution in [0.2, 0.25) is 0 Å². The second-order valence-corrected chi connectivity index (χ2v) is 0. The van der Waals surface area contributed by atoms with Gasteiger partial charge in [0, 0.05) is 40.4 Å². The molecule has 0 nitrogen and oxygen atoms in total. The Morgan fingerprint density at radius 3 is 1.00 bits per heavy atom. The Morgan fingerprint density at radius 2 is 1.00 bits per heavy atom. The van der Waals surface area contributed by atoms with E-state index in [1.54, 1.807) is 0 Å². The van der Waals surface area contributed by atoms with Gasteiger partial charge in [-0.05, 0) is 0 Å². The van der Waals surface area contributed by atoms with Crippen LogP contribution in [0.3, 0.4) is 0 Å². The van der Waals surface area contributed by atoms with E-state index >= 15 is 0 Å². The van der Waals surface area contributed by atoms with Gasteiger partial charge in [-0.15, -0.1) is 0 Å². The first-order valence-corrected chi connectivity index (χ1v) is 0. The van der Waals surface area contributed by atoms with E-state index in [0.717, 1.165) is 0 Å². The molecule has 0 aromatic carbocycles. The molecule has 0 unspecified atom stereocenters. The molecule has 0 bridgehead atoms. The molecule has 0 aromatic rings. The summed E-state index contributed by atoms with van der Waals surface area (Å²) in [5.41, 5.74) is 0. The van der Waals surface area contributed by atoms with Gasteiger partial charge < -0.3 is 0 Å². The summed E-state index contributed by atoms with van der Waals surface area (Å²) < 4.78 is 0. The van der Waals surface area contributed by atoms with Gasteiger partial charge in [0.2, 0.25) is 0 Å².